The molecule has 2 aliphatic carbocycles. The monoisotopic (exact) mass is 240 g/mol. The molecule has 0 aliphatic heterocycles. The second-order valence-corrected chi connectivity index (χ2v) is 6.39. The Morgan fingerprint density at radius 1 is 1.28 bits per heavy atom. The molecule has 0 saturated heterocycles. The van der Waals surface area contributed by atoms with Crippen molar-refractivity contribution >= 4 is 11.9 Å². The van der Waals surface area contributed by atoms with Crippen molar-refractivity contribution in [3.8, 4) is 0 Å². The van der Waals surface area contributed by atoms with Crippen molar-refractivity contribution in [1.82, 2.24) is 0 Å². The molecule has 3 rings (SSSR count). The van der Waals surface area contributed by atoms with Crippen LogP contribution in [0.4, 0.5) is 0 Å². The van der Waals surface area contributed by atoms with Gasteiger partial charge in [-0.25, -0.2) is 0 Å². The number of carbonyl (C=O) groups excluding carboxylic acids is 1. The molecule has 1 aromatic rings. The minimum Gasteiger partial charge on any atom is -0.298 e. The van der Waals surface area contributed by atoms with Gasteiger partial charge in [-0.15, -0.1) is 0 Å². The van der Waals surface area contributed by atoms with Crippen LogP contribution in [0.15, 0.2) is 30.3 Å². The third-order valence-corrected chi connectivity index (χ3v) is 5.42. The van der Waals surface area contributed by atoms with E-state index >= 15 is 0 Å². The summed E-state index contributed by atoms with van der Waals surface area (Å²) >= 11 is 0. The Hall–Kier alpha value is -1.37. The van der Waals surface area contributed by atoms with Crippen LogP contribution < -0.4 is 0 Å². The van der Waals surface area contributed by atoms with Gasteiger partial charge in [-0.2, -0.15) is 0 Å². The van der Waals surface area contributed by atoms with Crippen molar-refractivity contribution in [3.63, 3.8) is 0 Å². The van der Waals surface area contributed by atoms with Crippen molar-refractivity contribution in [2.24, 2.45) is 23.2 Å². The lowest BCUT2D eigenvalue weighted by molar-refractivity contribution is 0.112. The smallest absolute Gasteiger partial charge is 0.150 e. The van der Waals surface area contributed by atoms with Gasteiger partial charge < -0.3 is 0 Å². The minimum absolute atomic E-state index is 0.407. The summed E-state index contributed by atoms with van der Waals surface area (Å²) < 4.78 is 0. The summed E-state index contributed by atoms with van der Waals surface area (Å²) in [7, 11) is 0. The molecule has 0 spiro atoms. The predicted octanol–water partition coefficient (Wildman–Crippen LogP) is 4.19. The first-order valence-electron chi connectivity index (χ1n) is 6.82. The molecular weight excluding hydrogens is 220 g/mol. The van der Waals surface area contributed by atoms with Gasteiger partial charge in [0.05, 0.1) is 0 Å². The first-order valence-corrected chi connectivity index (χ1v) is 6.82. The van der Waals surface area contributed by atoms with Crippen LogP contribution in [0.1, 0.15) is 43.1 Å². The first kappa shape index (κ1) is 11.7. The van der Waals surface area contributed by atoms with Crippen molar-refractivity contribution < 1.29 is 4.79 Å². The summed E-state index contributed by atoms with van der Waals surface area (Å²) in [6.45, 7) is 7.11. The quantitative estimate of drug-likeness (QED) is 0.708. The molecule has 0 N–H and O–H groups in total. The molecule has 1 nitrogen and oxygen atoms in total. The minimum atomic E-state index is 0.407. The molecule has 2 aliphatic rings. The van der Waals surface area contributed by atoms with Gasteiger partial charge in [0.2, 0.25) is 0 Å². The van der Waals surface area contributed by atoms with E-state index in [1.54, 1.807) is 0 Å². The summed E-state index contributed by atoms with van der Waals surface area (Å²) in [5, 5.41) is 0. The Labute approximate surface area is 109 Å². The highest BCUT2D eigenvalue weighted by Crippen LogP contribution is 2.60. The van der Waals surface area contributed by atoms with E-state index in [1.165, 1.54) is 12.0 Å². The summed E-state index contributed by atoms with van der Waals surface area (Å²) in [4.78, 5) is 11.2. The van der Waals surface area contributed by atoms with Gasteiger partial charge in [0, 0.05) is 5.56 Å². The maximum atomic E-state index is 11.2. The van der Waals surface area contributed by atoms with Gasteiger partial charge in [-0.1, -0.05) is 51.1 Å². The highest BCUT2D eigenvalue weighted by Gasteiger charge is 2.51. The van der Waals surface area contributed by atoms with E-state index in [0.29, 0.717) is 23.2 Å². The summed E-state index contributed by atoms with van der Waals surface area (Å²) in [5.74, 6) is 2.00. The van der Waals surface area contributed by atoms with E-state index in [1.807, 2.05) is 18.2 Å². The number of aldehydes is 1. The SMILES string of the molecule is CC1C2CC(C=C2c2ccccc2C=O)C1(C)C. The van der Waals surface area contributed by atoms with Crippen molar-refractivity contribution in [3.05, 3.63) is 41.5 Å². The third-order valence-electron chi connectivity index (χ3n) is 5.42. The molecule has 0 radical (unpaired) electrons. The van der Waals surface area contributed by atoms with Crippen molar-refractivity contribution in [2.75, 3.05) is 0 Å². The van der Waals surface area contributed by atoms with Gasteiger partial charge in [0.25, 0.3) is 0 Å². The Kier molecular flexibility index (Phi) is 2.48. The summed E-state index contributed by atoms with van der Waals surface area (Å²) in [6, 6.07) is 7.99. The predicted molar refractivity (Wildman–Crippen MR) is 74.3 cm³/mol. The molecule has 1 saturated carbocycles. The molecule has 18 heavy (non-hydrogen) atoms. The molecule has 1 heteroatoms. The number of rotatable bonds is 2. The van der Waals surface area contributed by atoms with Gasteiger partial charge >= 0.3 is 0 Å². The van der Waals surface area contributed by atoms with Crippen molar-refractivity contribution in [2.45, 2.75) is 27.2 Å². The Morgan fingerprint density at radius 3 is 2.61 bits per heavy atom. The van der Waals surface area contributed by atoms with Crippen LogP contribution in [-0.4, -0.2) is 6.29 Å². The standard InChI is InChI=1S/C17H20O/c1-11-15-8-13(17(11,2)3)9-16(15)14-7-5-4-6-12(14)10-18/h4-7,9-11,13,15H,8H2,1-3H3. The topological polar surface area (TPSA) is 17.1 Å². The zero-order chi connectivity index (χ0) is 12.9. The highest BCUT2D eigenvalue weighted by molar-refractivity contribution is 5.87. The fraction of sp³-hybridized carbons (Fsp3) is 0.471. The van der Waals surface area contributed by atoms with E-state index in [2.05, 4.69) is 32.9 Å². The number of benzene rings is 1. The van der Waals surface area contributed by atoms with E-state index in [0.717, 1.165) is 17.4 Å². The van der Waals surface area contributed by atoms with Crippen LogP contribution >= 0.6 is 0 Å². The third kappa shape index (κ3) is 1.43. The second kappa shape index (κ2) is 3.81. The lowest BCUT2D eigenvalue weighted by atomic mass is 9.69. The van der Waals surface area contributed by atoms with Crippen LogP contribution in [0, 0.1) is 23.2 Å². The average Bonchev–Trinajstić information content (AvgIpc) is 2.89. The van der Waals surface area contributed by atoms with E-state index in [4.69, 9.17) is 0 Å². The van der Waals surface area contributed by atoms with Crippen LogP contribution in [0.2, 0.25) is 0 Å². The van der Waals surface area contributed by atoms with Crippen molar-refractivity contribution in [1.29, 1.82) is 0 Å². The fourth-order valence-corrected chi connectivity index (χ4v) is 3.81. The maximum absolute atomic E-state index is 11.2. The Bertz CT molecular complexity index is 524. The van der Waals surface area contributed by atoms with Gasteiger partial charge in [0.15, 0.2) is 6.29 Å². The molecule has 1 fully saturated rings. The lowest BCUT2D eigenvalue weighted by Gasteiger charge is -2.35. The largest absolute Gasteiger partial charge is 0.298 e. The molecule has 94 valence electrons. The normalized spacial score (nSPS) is 32.4. The molecule has 0 aromatic heterocycles. The summed E-state index contributed by atoms with van der Waals surface area (Å²) in [5.41, 5.74) is 3.81. The summed E-state index contributed by atoms with van der Waals surface area (Å²) in [6.07, 6.45) is 4.67. The molecule has 3 atom stereocenters. The van der Waals surface area contributed by atoms with Crippen LogP contribution in [0.3, 0.4) is 0 Å². The lowest BCUT2D eigenvalue weighted by Crippen LogP contribution is -2.27. The van der Waals surface area contributed by atoms with E-state index < -0.39 is 0 Å². The molecule has 0 heterocycles. The highest BCUT2D eigenvalue weighted by atomic mass is 16.1. The molecule has 3 unspecified atom stereocenters. The van der Waals surface area contributed by atoms with Gasteiger partial charge in [-0.05, 0) is 40.7 Å². The molecule has 1 aromatic carbocycles. The Balaban J connectivity index is 2.06. The maximum Gasteiger partial charge on any atom is 0.150 e. The number of carbonyl (C=O) groups is 1. The first-order chi connectivity index (χ1) is 8.55. The second-order valence-electron chi connectivity index (χ2n) is 6.39. The number of hydrogen-bond acceptors (Lipinski definition) is 1. The number of hydrogen-bond donors (Lipinski definition) is 0. The molecule has 2 bridgehead atoms. The molecule has 0 amide bonds. The zero-order valence-corrected chi connectivity index (χ0v) is 11.3. The average molecular weight is 240 g/mol. The van der Waals surface area contributed by atoms with Crippen LogP contribution in [0.5, 0.6) is 0 Å². The fourth-order valence-electron chi connectivity index (χ4n) is 3.81. The van der Waals surface area contributed by atoms with Crippen LogP contribution in [0.25, 0.3) is 5.57 Å². The van der Waals surface area contributed by atoms with E-state index in [9.17, 15) is 4.79 Å². The molecular formula is C17H20O. The zero-order valence-electron chi connectivity index (χ0n) is 11.3. The Morgan fingerprint density at radius 2 is 2.00 bits per heavy atom. The number of allylic oxidation sites excluding steroid dienone is 2. The van der Waals surface area contributed by atoms with Gasteiger partial charge in [0.1, 0.15) is 0 Å². The van der Waals surface area contributed by atoms with Crippen LogP contribution in [-0.2, 0) is 0 Å². The van der Waals surface area contributed by atoms with Gasteiger partial charge in [-0.3, -0.25) is 4.79 Å². The number of fused-ring (bicyclic) bond motifs is 2. The van der Waals surface area contributed by atoms with E-state index in [-0.39, 0.29) is 0 Å².